The van der Waals surface area contributed by atoms with Gasteiger partial charge in [-0.15, -0.1) is 11.3 Å². The van der Waals surface area contributed by atoms with Crippen LogP contribution in [0, 0.1) is 0 Å². The van der Waals surface area contributed by atoms with Crippen LogP contribution < -0.4 is 0 Å². The van der Waals surface area contributed by atoms with E-state index in [9.17, 15) is 0 Å². The number of hydrogen-bond acceptors (Lipinski definition) is 4. The molecule has 0 spiro atoms. The Hall–Kier alpha value is -7.01. The molecule has 8 aromatic carbocycles. The molecule has 0 radical (unpaired) electrons. The molecule has 4 heteroatoms. The summed E-state index contributed by atoms with van der Waals surface area (Å²) in [7, 11) is 0. The van der Waals surface area contributed by atoms with Gasteiger partial charge in [0, 0.05) is 38.2 Å². The Bertz CT molecular complexity index is 3260. The molecule has 3 aromatic heterocycles. The van der Waals surface area contributed by atoms with Crippen molar-refractivity contribution in [3.8, 4) is 56.0 Å². The Balaban J connectivity index is 1.04. The lowest BCUT2D eigenvalue weighted by molar-refractivity contribution is 1.24. The number of thiophene rings is 1. The normalized spacial score (nSPS) is 11.6. The molecule has 0 atom stereocenters. The van der Waals surface area contributed by atoms with Crippen molar-refractivity contribution in [3.63, 3.8) is 0 Å². The topological polar surface area (TPSA) is 38.7 Å². The van der Waals surface area contributed by atoms with Gasteiger partial charge >= 0.3 is 0 Å². The molecule has 3 nitrogen and oxygen atoms in total. The summed E-state index contributed by atoms with van der Waals surface area (Å²) >= 11 is 1.76. The fraction of sp³-hybridized carbons (Fsp3) is 0. The number of fused-ring (bicyclic) bond motifs is 7. The van der Waals surface area contributed by atoms with E-state index in [1.54, 1.807) is 11.3 Å². The molecule has 0 unspecified atom stereocenters. The van der Waals surface area contributed by atoms with Gasteiger partial charge in [-0.1, -0.05) is 158 Å². The van der Waals surface area contributed by atoms with Gasteiger partial charge < -0.3 is 0 Å². The first-order chi connectivity index (χ1) is 27.2. The SMILES string of the molecule is c1ccc(-c2ccc(-c3nc(-c4ccc(-c5cccc(-c6ccc7c(c6)ncc6ccccc67)c5)c5ccccc45)nc4c3sc3ccccc34)cc2)cc1. The quantitative estimate of drug-likeness (QED) is 0.166. The summed E-state index contributed by atoms with van der Waals surface area (Å²) in [5.41, 5.74) is 12.1. The molecule has 55 heavy (non-hydrogen) atoms. The molecule has 0 bridgehead atoms. The van der Waals surface area contributed by atoms with Gasteiger partial charge in [-0.2, -0.15) is 0 Å². The summed E-state index contributed by atoms with van der Waals surface area (Å²) < 4.78 is 2.31. The van der Waals surface area contributed by atoms with Crippen molar-refractivity contribution < 1.29 is 0 Å². The van der Waals surface area contributed by atoms with E-state index in [4.69, 9.17) is 15.0 Å². The first-order valence-electron chi connectivity index (χ1n) is 18.5. The van der Waals surface area contributed by atoms with Crippen molar-refractivity contribution in [1.29, 1.82) is 0 Å². The number of rotatable bonds is 5. The fourth-order valence-corrected chi connectivity index (χ4v) is 9.16. The standard InChI is InChI=1S/C51H31N3S/c1-2-11-32(12-3-1)33-21-23-34(24-22-33)48-50-49(45-19-8-9-20-47(45)55-50)54-51(53-48)44-28-27-40(41-17-6-7-18-42(41)44)37-15-10-14-35(29-37)36-25-26-43-39-16-5-4-13-38(39)31-52-46(43)30-36/h1-31H. The molecule has 3 heterocycles. The van der Waals surface area contributed by atoms with Gasteiger partial charge in [0.25, 0.3) is 0 Å². The lowest BCUT2D eigenvalue weighted by Crippen LogP contribution is -1.95. The van der Waals surface area contributed by atoms with Crippen LogP contribution in [0.2, 0.25) is 0 Å². The molecular formula is C51H31N3S. The second-order valence-electron chi connectivity index (χ2n) is 14.0. The van der Waals surface area contributed by atoms with Gasteiger partial charge in [0.05, 0.1) is 21.4 Å². The summed E-state index contributed by atoms with van der Waals surface area (Å²) in [6, 6.07) is 64.8. The van der Waals surface area contributed by atoms with Crippen molar-refractivity contribution in [2.45, 2.75) is 0 Å². The molecule has 0 N–H and O–H groups in total. The average molecular weight is 718 g/mol. The van der Waals surface area contributed by atoms with Gasteiger partial charge in [0.15, 0.2) is 5.82 Å². The maximum atomic E-state index is 5.38. The zero-order valence-corrected chi connectivity index (χ0v) is 30.5. The van der Waals surface area contributed by atoms with Crippen molar-refractivity contribution >= 4 is 64.1 Å². The van der Waals surface area contributed by atoms with Crippen molar-refractivity contribution in [3.05, 3.63) is 188 Å². The Labute approximate surface area is 321 Å². The molecule has 0 saturated heterocycles. The Morgan fingerprint density at radius 3 is 1.85 bits per heavy atom. The molecule has 0 fully saturated rings. The van der Waals surface area contributed by atoms with Crippen LogP contribution in [0.15, 0.2) is 188 Å². The maximum absolute atomic E-state index is 5.38. The number of benzene rings is 8. The van der Waals surface area contributed by atoms with Crippen LogP contribution in [-0.4, -0.2) is 15.0 Å². The van der Waals surface area contributed by atoms with Crippen LogP contribution in [-0.2, 0) is 0 Å². The van der Waals surface area contributed by atoms with E-state index in [1.807, 2.05) is 6.20 Å². The third kappa shape index (κ3) is 5.38. The lowest BCUT2D eigenvalue weighted by atomic mass is 9.92. The second-order valence-corrected chi connectivity index (χ2v) is 15.0. The van der Waals surface area contributed by atoms with E-state index in [-0.39, 0.29) is 0 Å². The van der Waals surface area contributed by atoms with E-state index in [2.05, 4.69) is 182 Å². The van der Waals surface area contributed by atoms with E-state index < -0.39 is 0 Å². The first kappa shape index (κ1) is 31.5. The minimum Gasteiger partial charge on any atom is -0.256 e. The minimum atomic E-state index is 0.728. The zero-order valence-electron chi connectivity index (χ0n) is 29.6. The highest BCUT2D eigenvalue weighted by atomic mass is 32.1. The van der Waals surface area contributed by atoms with Crippen LogP contribution in [0.1, 0.15) is 0 Å². The van der Waals surface area contributed by atoms with Crippen molar-refractivity contribution in [2.24, 2.45) is 0 Å². The van der Waals surface area contributed by atoms with Gasteiger partial charge in [-0.05, 0) is 73.8 Å². The molecule has 0 saturated carbocycles. The van der Waals surface area contributed by atoms with E-state index in [0.717, 1.165) is 76.6 Å². The Morgan fingerprint density at radius 2 is 1.00 bits per heavy atom. The van der Waals surface area contributed by atoms with Gasteiger partial charge in [-0.25, -0.2) is 9.97 Å². The summed E-state index contributed by atoms with van der Waals surface area (Å²) in [5.74, 6) is 0.728. The fourth-order valence-electron chi connectivity index (χ4n) is 8.01. The van der Waals surface area contributed by atoms with Crippen LogP contribution in [0.5, 0.6) is 0 Å². The van der Waals surface area contributed by atoms with Crippen LogP contribution in [0.4, 0.5) is 0 Å². The third-order valence-electron chi connectivity index (χ3n) is 10.7. The van der Waals surface area contributed by atoms with Gasteiger partial charge in [-0.3, -0.25) is 4.98 Å². The molecule has 11 aromatic rings. The molecule has 256 valence electrons. The molecule has 0 amide bonds. The van der Waals surface area contributed by atoms with E-state index >= 15 is 0 Å². The monoisotopic (exact) mass is 717 g/mol. The number of aromatic nitrogens is 3. The van der Waals surface area contributed by atoms with Crippen LogP contribution in [0.3, 0.4) is 0 Å². The summed E-state index contributed by atoms with van der Waals surface area (Å²) in [5, 5.41) is 6.99. The first-order valence-corrected chi connectivity index (χ1v) is 19.3. The lowest BCUT2D eigenvalue weighted by Gasteiger charge is -2.14. The smallest absolute Gasteiger partial charge is 0.161 e. The molecule has 11 rings (SSSR count). The highest BCUT2D eigenvalue weighted by Gasteiger charge is 2.19. The largest absolute Gasteiger partial charge is 0.256 e. The minimum absolute atomic E-state index is 0.728. The predicted molar refractivity (Wildman–Crippen MR) is 232 cm³/mol. The molecule has 0 aliphatic rings. The highest BCUT2D eigenvalue weighted by Crippen LogP contribution is 2.42. The predicted octanol–water partition coefficient (Wildman–Crippen LogP) is 14.0. The summed E-state index contributed by atoms with van der Waals surface area (Å²) in [4.78, 5) is 15.5. The van der Waals surface area contributed by atoms with E-state index in [0.29, 0.717) is 0 Å². The Morgan fingerprint density at radius 1 is 0.382 bits per heavy atom. The maximum Gasteiger partial charge on any atom is 0.161 e. The van der Waals surface area contributed by atoms with Crippen molar-refractivity contribution in [2.75, 3.05) is 0 Å². The highest BCUT2D eigenvalue weighted by molar-refractivity contribution is 7.26. The van der Waals surface area contributed by atoms with Crippen LogP contribution in [0.25, 0.3) is 109 Å². The number of pyridine rings is 1. The third-order valence-corrected chi connectivity index (χ3v) is 11.9. The van der Waals surface area contributed by atoms with E-state index in [1.165, 1.54) is 32.2 Å². The molecule has 0 aliphatic carbocycles. The zero-order chi connectivity index (χ0) is 36.3. The summed E-state index contributed by atoms with van der Waals surface area (Å²) in [6.07, 6.45) is 1.97. The number of nitrogens with zero attached hydrogens (tertiary/aromatic N) is 3. The van der Waals surface area contributed by atoms with Gasteiger partial charge in [0.2, 0.25) is 0 Å². The number of hydrogen-bond donors (Lipinski definition) is 0. The summed E-state index contributed by atoms with van der Waals surface area (Å²) in [6.45, 7) is 0. The molecular weight excluding hydrogens is 687 g/mol. The average Bonchev–Trinajstić information content (AvgIpc) is 3.64. The molecule has 0 aliphatic heterocycles. The van der Waals surface area contributed by atoms with Gasteiger partial charge in [0.1, 0.15) is 0 Å². The van der Waals surface area contributed by atoms with Crippen molar-refractivity contribution in [1.82, 2.24) is 15.0 Å². The Kier molecular flexibility index (Phi) is 7.35. The van der Waals surface area contributed by atoms with Crippen LogP contribution >= 0.6 is 11.3 Å². The second kappa shape index (κ2) is 12.8.